The second-order valence-corrected chi connectivity index (χ2v) is 9.66. The van der Waals surface area contributed by atoms with Crippen LogP contribution in [0.2, 0.25) is 10.0 Å². The van der Waals surface area contributed by atoms with E-state index in [2.05, 4.69) is 21.7 Å². The minimum absolute atomic E-state index is 0.188. The highest BCUT2D eigenvalue weighted by molar-refractivity contribution is 6.32. The van der Waals surface area contributed by atoms with E-state index < -0.39 is 23.6 Å². The van der Waals surface area contributed by atoms with Crippen LogP contribution in [0.25, 0.3) is 0 Å². The molecule has 0 radical (unpaired) electrons. The molecule has 0 saturated heterocycles. The van der Waals surface area contributed by atoms with Crippen molar-refractivity contribution in [1.82, 2.24) is 21.7 Å². The number of nitrogens with one attached hydrogen (secondary N) is 4. The summed E-state index contributed by atoms with van der Waals surface area (Å²) in [5.74, 6) is -1.39. The lowest BCUT2D eigenvalue weighted by atomic mass is 10.1. The monoisotopic (exact) mass is 586 g/mol. The maximum absolute atomic E-state index is 12.3. The van der Waals surface area contributed by atoms with Crippen molar-refractivity contribution in [2.24, 2.45) is 0 Å². The molecule has 0 aliphatic carbocycles. The Kier molecular flexibility index (Phi) is 10.4. The Bertz CT molecular complexity index is 1290. The van der Waals surface area contributed by atoms with E-state index in [-0.39, 0.29) is 24.3 Å². The fraction of sp³-hybridized carbons (Fsp3) is 0.214. The number of benzene rings is 3. The third-order valence-corrected chi connectivity index (χ3v) is 6.79. The molecule has 4 amide bonds. The first-order valence-corrected chi connectivity index (χ1v) is 12.8. The second kappa shape index (κ2) is 13.7. The third kappa shape index (κ3) is 8.36. The molecule has 3 aromatic rings. The van der Waals surface area contributed by atoms with E-state index in [0.717, 1.165) is 22.3 Å². The number of aryl methyl sites for hydroxylation is 4. The molecule has 0 spiro atoms. The van der Waals surface area contributed by atoms with E-state index >= 15 is 0 Å². The van der Waals surface area contributed by atoms with Crippen molar-refractivity contribution in [1.29, 1.82) is 0 Å². The highest BCUT2D eigenvalue weighted by Gasteiger charge is 2.13. The van der Waals surface area contributed by atoms with Crippen LogP contribution in [0.5, 0.6) is 11.5 Å². The van der Waals surface area contributed by atoms with Crippen molar-refractivity contribution >= 4 is 46.8 Å². The molecule has 40 heavy (non-hydrogen) atoms. The van der Waals surface area contributed by atoms with Crippen molar-refractivity contribution in [2.75, 3.05) is 13.2 Å². The summed E-state index contributed by atoms with van der Waals surface area (Å²) in [6.07, 6.45) is 0. The normalized spacial score (nSPS) is 10.3. The van der Waals surface area contributed by atoms with Crippen LogP contribution in [0, 0.1) is 27.7 Å². The quantitative estimate of drug-likeness (QED) is 0.296. The SMILES string of the molecule is Cc1cc(OCC(=O)NNC(=O)c2ccc(C(=O)NNC(=O)COc3cc(C)c(Cl)c(C)c3)cc2)cc(C)c1Cl. The Labute approximate surface area is 241 Å². The molecular formula is C28H28Cl2N4O6. The first-order valence-electron chi connectivity index (χ1n) is 12.0. The van der Waals surface area contributed by atoms with Crippen molar-refractivity contribution in [2.45, 2.75) is 27.7 Å². The molecule has 210 valence electrons. The van der Waals surface area contributed by atoms with Crippen molar-refractivity contribution in [3.8, 4) is 11.5 Å². The maximum atomic E-state index is 12.3. The topological polar surface area (TPSA) is 135 Å². The number of rotatable bonds is 8. The fourth-order valence-electron chi connectivity index (χ4n) is 3.52. The summed E-state index contributed by atoms with van der Waals surface area (Å²) in [5, 5.41) is 1.25. The van der Waals surface area contributed by atoms with Crippen molar-refractivity contribution in [3.63, 3.8) is 0 Å². The van der Waals surface area contributed by atoms with Crippen LogP contribution in [-0.2, 0) is 9.59 Å². The summed E-state index contributed by atoms with van der Waals surface area (Å²) >= 11 is 12.2. The Morgan fingerprint density at radius 3 is 1.18 bits per heavy atom. The molecule has 0 aliphatic rings. The number of hydrazine groups is 2. The van der Waals surface area contributed by atoms with Gasteiger partial charge in [0.2, 0.25) is 0 Å². The Morgan fingerprint density at radius 1 is 0.575 bits per heavy atom. The smallest absolute Gasteiger partial charge is 0.276 e. The number of ether oxygens (including phenoxy) is 2. The standard InChI is InChI=1S/C28H28Cl2N4O6/c1-15-9-21(10-16(2)25(15)29)39-13-23(35)31-33-27(37)19-5-7-20(8-6-19)28(38)34-32-24(36)14-40-22-11-17(3)26(30)18(4)12-22/h5-12H,13-14H2,1-4H3,(H,31,35)(H,32,36)(H,33,37)(H,34,38). The molecule has 4 N–H and O–H groups in total. The number of hydrogen-bond acceptors (Lipinski definition) is 6. The highest BCUT2D eigenvalue weighted by Crippen LogP contribution is 2.26. The van der Waals surface area contributed by atoms with Gasteiger partial charge in [-0.25, -0.2) is 0 Å². The van der Waals surface area contributed by atoms with Gasteiger partial charge in [0.15, 0.2) is 13.2 Å². The van der Waals surface area contributed by atoms with E-state index in [1.165, 1.54) is 24.3 Å². The molecule has 0 aromatic heterocycles. The predicted octanol–water partition coefficient (Wildman–Crippen LogP) is 3.91. The van der Waals surface area contributed by atoms with Crippen molar-refractivity contribution in [3.05, 3.63) is 92.0 Å². The van der Waals surface area contributed by atoms with Gasteiger partial charge in [-0.1, -0.05) is 23.2 Å². The van der Waals surface area contributed by atoms with E-state index in [9.17, 15) is 19.2 Å². The van der Waals surface area contributed by atoms with Gasteiger partial charge < -0.3 is 9.47 Å². The van der Waals surface area contributed by atoms with Crippen LogP contribution >= 0.6 is 23.2 Å². The maximum Gasteiger partial charge on any atom is 0.276 e. The fourth-order valence-corrected chi connectivity index (χ4v) is 3.74. The molecule has 0 aliphatic heterocycles. The second-order valence-electron chi connectivity index (χ2n) is 8.90. The summed E-state index contributed by atoms with van der Waals surface area (Å²) < 4.78 is 10.9. The summed E-state index contributed by atoms with van der Waals surface area (Å²) in [5.41, 5.74) is 12.7. The Morgan fingerprint density at radius 2 is 0.875 bits per heavy atom. The van der Waals surface area contributed by atoms with Gasteiger partial charge in [0.25, 0.3) is 23.6 Å². The van der Waals surface area contributed by atoms with Gasteiger partial charge in [-0.15, -0.1) is 0 Å². The first-order chi connectivity index (χ1) is 18.9. The van der Waals surface area contributed by atoms with Crippen LogP contribution in [0.15, 0.2) is 48.5 Å². The molecular weight excluding hydrogens is 559 g/mol. The molecule has 10 nitrogen and oxygen atoms in total. The van der Waals surface area contributed by atoms with Gasteiger partial charge in [-0.3, -0.25) is 40.9 Å². The van der Waals surface area contributed by atoms with E-state index in [0.29, 0.717) is 21.5 Å². The zero-order valence-corrected chi connectivity index (χ0v) is 23.8. The van der Waals surface area contributed by atoms with Gasteiger partial charge in [0.05, 0.1) is 0 Å². The largest absolute Gasteiger partial charge is 0.484 e. The van der Waals surface area contributed by atoms with E-state index in [4.69, 9.17) is 32.7 Å². The lowest BCUT2D eigenvalue weighted by Crippen LogP contribution is -2.44. The first kappa shape index (κ1) is 30.3. The summed E-state index contributed by atoms with van der Waals surface area (Å²) in [7, 11) is 0. The molecule has 0 atom stereocenters. The molecule has 0 heterocycles. The van der Waals surface area contributed by atoms with E-state index in [1.54, 1.807) is 24.3 Å². The summed E-state index contributed by atoms with van der Waals surface area (Å²) in [6.45, 7) is 6.66. The van der Waals surface area contributed by atoms with Gasteiger partial charge in [-0.2, -0.15) is 0 Å². The van der Waals surface area contributed by atoms with Crippen LogP contribution in [0.1, 0.15) is 43.0 Å². The van der Waals surface area contributed by atoms with Gasteiger partial charge in [0, 0.05) is 21.2 Å². The predicted molar refractivity (Wildman–Crippen MR) is 151 cm³/mol. The van der Waals surface area contributed by atoms with Crippen molar-refractivity contribution < 1.29 is 28.7 Å². The summed E-state index contributed by atoms with van der Waals surface area (Å²) in [6, 6.07) is 12.4. The molecule has 3 rings (SSSR count). The van der Waals surface area contributed by atoms with Crippen LogP contribution in [-0.4, -0.2) is 36.8 Å². The molecule has 12 heteroatoms. The third-order valence-electron chi connectivity index (χ3n) is 5.60. The van der Waals surface area contributed by atoms with Crippen LogP contribution in [0.4, 0.5) is 0 Å². The molecule has 0 unspecified atom stereocenters. The molecule has 0 saturated carbocycles. The summed E-state index contributed by atoms with van der Waals surface area (Å²) in [4.78, 5) is 48.8. The zero-order valence-electron chi connectivity index (χ0n) is 22.2. The average Bonchev–Trinajstić information content (AvgIpc) is 2.93. The minimum atomic E-state index is -0.600. The minimum Gasteiger partial charge on any atom is -0.484 e. The molecule has 3 aromatic carbocycles. The lowest BCUT2D eigenvalue weighted by molar-refractivity contribution is -0.124. The molecule has 0 fully saturated rings. The number of carbonyl (C=O) groups is 4. The van der Waals surface area contributed by atoms with Gasteiger partial charge >= 0.3 is 0 Å². The Balaban J connectivity index is 1.41. The van der Waals surface area contributed by atoms with Crippen LogP contribution < -0.4 is 31.2 Å². The Hall–Kier alpha value is -4.28. The van der Waals surface area contributed by atoms with E-state index in [1.807, 2.05) is 27.7 Å². The lowest BCUT2D eigenvalue weighted by Gasteiger charge is -2.12. The zero-order chi connectivity index (χ0) is 29.4. The molecule has 0 bridgehead atoms. The number of halogens is 2. The van der Waals surface area contributed by atoms with Crippen LogP contribution in [0.3, 0.4) is 0 Å². The van der Waals surface area contributed by atoms with Gasteiger partial charge in [0.1, 0.15) is 11.5 Å². The number of hydrogen-bond donors (Lipinski definition) is 4. The number of amides is 4. The highest BCUT2D eigenvalue weighted by atomic mass is 35.5. The van der Waals surface area contributed by atoms with Gasteiger partial charge in [-0.05, 0) is 98.5 Å². The average molecular weight is 587 g/mol. The number of carbonyl (C=O) groups excluding carboxylic acids is 4.